The van der Waals surface area contributed by atoms with Crippen molar-refractivity contribution >= 4 is 11.6 Å². The van der Waals surface area contributed by atoms with Gasteiger partial charge in [0.05, 0.1) is 18.5 Å². The molecule has 130 valence electrons. The molecule has 0 bridgehead atoms. The second kappa shape index (κ2) is 7.96. The van der Waals surface area contributed by atoms with E-state index in [4.69, 9.17) is 4.74 Å². The first kappa shape index (κ1) is 18.0. The van der Waals surface area contributed by atoms with Gasteiger partial charge >= 0.3 is 6.18 Å². The van der Waals surface area contributed by atoms with Crippen molar-refractivity contribution in [2.75, 3.05) is 18.5 Å². The van der Waals surface area contributed by atoms with Gasteiger partial charge in [0.1, 0.15) is 0 Å². The van der Waals surface area contributed by atoms with E-state index in [0.717, 1.165) is 11.3 Å². The van der Waals surface area contributed by atoms with Crippen LogP contribution < -0.4 is 10.1 Å². The number of anilines is 2. The Balaban J connectivity index is 1.93. The van der Waals surface area contributed by atoms with Crippen molar-refractivity contribution in [3.05, 3.63) is 42.2 Å². The fraction of sp³-hybridized carbons (Fsp3) is 0.375. The standard InChI is InChI=1S/C16H18F3N3O2/c1-3-23-11(2)12-4-6-13(7-5-12)22-15-20-8-14(9-21-15)24-10-16(17,18)19/h4-9,11H,3,10H2,1-2H3,(H,20,21,22)/t11-/m1/s1. The lowest BCUT2D eigenvalue weighted by Gasteiger charge is -2.13. The number of rotatable bonds is 7. The first-order chi connectivity index (χ1) is 11.4. The molecule has 1 aromatic heterocycles. The van der Waals surface area contributed by atoms with Crippen LogP contribution in [0.3, 0.4) is 0 Å². The zero-order valence-corrected chi connectivity index (χ0v) is 13.3. The molecule has 2 rings (SSSR count). The Bertz CT molecular complexity index is 631. The summed E-state index contributed by atoms with van der Waals surface area (Å²) in [5, 5.41) is 2.96. The van der Waals surface area contributed by atoms with Gasteiger partial charge in [-0.3, -0.25) is 0 Å². The number of hydrogen-bond acceptors (Lipinski definition) is 5. The van der Waals surface area contributed by atoms with Crippen LogP contribution in [-0.4, -0.2) is 29.4 Å². The third-order valence-corrected chi connectivity index (χ3v) is 3.08. The molecule has 0 saturated heterocycles. The van der Waals surface area contributed by atoms with Crippen molar-refractivity contribution in [2.45, 2.75) is 26.1 Å². The van der Waals surface area contributed by atoms with Crippen molar-refractivity contribution in [3.8, 4) is 5.75 Å². The molecule has 0 spiro atoms. The predicted octanol–water partition coefficient (Wildman–Crippen LogP) is 4.26. The van der Waals surface area contributed by atoms with Crippen LogP contribution in [0.4, 0.5) is 24.8 Å². The molecule has 8 heteroatoms. The molecule has 2 aromatic rings. The summed E-state index contributed by atoms with van der Waals surface area (Å²) in [5.74, 6) is 0.221. The Morgan fingerprint density at radius 2 is 1.75 bits per heavy atom. The van der Waals surface area contributed by atoms with E-state index in [0.29, 0.717) is 6.61 Å². The van der Waals surface area contributed by atoms with Crippen molar-refractivity contribution in [2.24, 2.45) is 0 Å². The summed E-state index contributed by atoms with van der Waals surface area (Å²) in [4.78, 5) is 7.84. The zero-order valence-electron chi connectivity index (χ0n) is 13.3. The van der Waals surface area contributed by atoms with Gasteiger partial charge in [-0.2, -0.15) is 13.2 Å². The maximum Gasteiger partial charge on any atom is 0.422 e. The van der Waals surface area contributed by atoms with Crippen LogP contribution in [0.2, 0.25) is 0 Å². The number of benzene rings is 1. The van der Waals surface area contributed by atoms with E-state index in [1.807, 2.05) is 38.1 Å². The highest BCUT2D eigenvalue weighted by Crippen LogP contribution is 2.21. The number of halogens is 3. The molecular formula is C16H18F3N3O2. The molecule has 0 aliphatic heterocycles. The normalized spacial score (nSPS) is 12.7. The van der Waals surface area contributed by atoms with Crippen molar-refractivity contribution < 1.29 is 22.6 Å². The topological polar surface area (TPSA) is 56.3 Å². The third-order valence-electron chi connectivity index (χ3n) is 3.08. The monoisotopic (exact) mass is 341 g/mol. The highest BCUT2D eigenvalue weighted by Gasteiger charge is 2.28. The van der Waals surface area contributed by atoms with Crippen LogP contribution in [0.1, 0.15) is 25.5 Å². The summed E-state index contributed by atoms with van der Waals surface area (Å²) in [6.45, 7) is 3.17. The Hall–Kier alpha value is -2.35. The lowest BCUT2D eigenvalue weighted by Crippen LogP contribution is -2.19. The van der Waals surface area contributed by atoms with Crippen LogP contribution >= 0.6 is 0 Å². The fourth-order valence-corrected chi connectivity index (χ4v) is 1.93. The lowest BCUT2D eigenvalue weighted by atomic mass is 10.1. The van der Waals surface area contributed by atoms with Gasteiger partial charge in [0, 0.05) is 12.3 Å². The molecule has 0 saturated carbocycles. The van der Waals surface area contributed by atoms with Gasteiger partial charge < -0.3 is 14.8 Å². The molecule has 24 heavy (non-hydrogen) atoms. The van der Waals surface area contributed by atoms with Gasteiger partial charge in [0.15, 0.2) is 12.4 Å². The van der Waals surface area contributed by atoms with Crippen molar-refractivity contribution in [1.29, 1.82) is 0 Å². The van der Waals surface area contributed by atoms with E-state index in [1.54, 1.807) is 0 Å². The van der Waals surface area contributed by atoms with E-state index in [9.17, 15) is 13.2 Å². The number of ether oxygens (including phenoxy) is 2. The summed E-state index contributed by atoms with van der Waals surface area (Å²) >= 11 is 0. The molecule has 0 unspecified atom stereocenters. The Morgan fingerprint density at radius 1 is 1.12 bits per heavy atom. The molecule has 1 aromatic carbocycles. The Kier molecular flexibility index (Phi) is 5.97. The van der Waals surface area contributed by atoms with Gasteiger partial charge in [-0.1, -0.05) is 12.1 Å². The van der Waals surface area contributed by atoms with Gasteiger partial charge in [-0.15, -0.1) is 0 Å². The van der Waals surface area contributed by atoms with Gasteiger partial charge in [0.2, 0.25) is 5.95 Å². The van der Waals surface area contributed by atoms with Crippen molar-refractivity contribution in [1.82, 2.24) is 9.97 Å². The molecule has 0 radical (unpaired) electrons. The first-order valence-electron chi connectivity index (χ1n) is 7.37. The second-order valence-electron chi connectivity index (χ2n) is 4.99. The largest absolute Gasteiger partial charge is 0.481 e. The van der Waals surface area contributed by atoms with Crippen LogP contribution in [0, 0.1) is 0 Å². The van der Waals surface area contributed by atoms with E-state index in [1.165, 1.54) is 12.4 Å². The minimum Gasteiger partial charge on any atom is -0.481 e. The van der Waals surface area contributed by atoms with Crippen molar-refractivity contribution in [3.63, 3.8) is 0 Å². The maximum absolute atomic E-state index is 12.1. The smallest absolute Gasteiger partial charge is 0.422 e. The summed E-state index contributed by atoms with van der Waals surface area (Å²) in [6.07, 6.45) is -2.01. The predicted molar refractivity (Wildman–Crippen MR) is 83.3 cm³/mol. The third kappa shape index (κ3) is 5.69. The van der Waals surface area contributed by atoms with Gasteiger partial charge in [-0.05, 0) is 31.5 Å². The molecule has 5 nitrogen and oxygen atoms in total. The SMILES string of the molecule is CCO[C@H](C)c1ccc(Nc2ncc(OCC(F)(F)F)cn2)cc1. The molecule has 1 atom stereocenters. The average molecular weight is 341 g/mol. The number of alkyl halides is 3. The summed E-state index contributed by atoms with van der Waals surface area (Å²) in [7, 11) is 0. The fourth-order valence-electron chi connectivity index (χ4n) is 1.93. The van der Waals surface area contributed by atoms with E-state index in [-0.39, 0.29) is 17.8 Å². The zero-order chi connectivity index (χ0) is 17.6. The van der Waals surface area contributed by atoms with Gasteiger partial charge in [0.25, 0.3) is 0 Å². The molecular weight excluding hydrogens is 323 g/mol. The summed E-state index contributed by atoms with van der Waals surface area (Å²) < 4.78 is 46.2. The molecule has 0 amide bonds. The minimum atomic E-state index is -4.39. The lowest BCUT2D eigenvalue weighted by molar-refractivity contribution is -0.153. The molecule has 0 aliphatic rings. The second-order valence-corrected chi connectivity index (χ2v) is 4.99. The van der Waals surface area contributed by atoms with Gasteiger partial charge in [-0.25, -0.2) is 9.97 Å². The molecule has 1 N–H and O–H groups in total. The maximum atomic E-state index is 12.1. The van der Waals surface area contributed by atoms with Crippen LogP contribution in [-0.2, 0) is 4.74 Å². The highest BCUT2D eigenvalue weighted by molar-refractivity contribution is 5.53. The number of nitrogens with one attached hydrogen (secondary N) is 1. The van der Waals surface area contributed by atoms with Crippen LogP contribution in [0.25, 0.3) is 0 Å². The highest BCUT2D eigenvalue weighted by atomic mass is 19.4. The van der Waals surface area contributed by atoms with E-state index < -0.39 is 12.8 Å². The summed E-state index contributed by atoms with van der Waals surface area (Å²) in [6, 6.07) is 7.54. The van der Waals surface area contributed by atoms with Crippen LogP contribution in [0.15, 0.2) is 36.7 Å². The Labute approximate surface area is 137 Å². The summed E-state index contributed by atoms with van der Waals surface area (Å²) in [5.41, 5.74) is 1.80. The van der Waals surface area contributed by atoms with Crippen LogP contribution in [0.5, 0.6) is 5.75 Å². The van der Waals surface area contributed by atoms with E-state index >= 15 is 0 Å². The average Bonchev–Trinajstić information content (AvgIpc) is 2.54. The first-order valence-corrected chi connectivity index (χ1v) is 7.37. The Morgan fingerprint density at radius 3 is 2.29 bits per heavy atom. The molecule has 1 heterocycles. The minimum absolute atomic E-state index is 0.00497. The quantitative estimate of drug-likeness (QED) is 0.815. The number of aromatic nitrogens is 2. The molecule has 0 aliphatic carbocycles. The number of hydrogen-bond donors (Lipinski definition) is 1. The number of nitrogens with zero attached hydrogens (tertiary/aromatic N) is 2. The van der Waals surface area contributed by atoms with E-state index in [2.05, 4.69) is 20.0 Å². The molecule has 0 fully saturated rings.